The van der Waals surface area contributed by atoms with Gasteiger partial charge < -0.3 is 5.73 Å². The number of rotatable bonds is 3. The summed E-state index contributed by atoms with van der Waals surface area (Å²) in [7, 11) is 0. The molecular weight excluding hydrogens is 306 g/mol. The van der Waals surface area contributed by atoms with E-state index in [-0.39, 0.29) is 5.92 Å². The summed E-state index contributed by atoms with van der Waals surface area (Å²) < 4.78 is 2.66. The molecule has 2 rings (SSSR count). The van der Waals surface area contributed by atoms with Crippen LogP contribution in [0.25, 0.3) is 11.4 Å². The zero-order valence-electron chi connectivity index (χ0n) is 11.6. The Balaban J connectivity index is 2.50. The van der Waals surface area contributed by atoms with Gasteiger partial charge in [-0.15, -0.1) is 0 Å². The summed E-state index contributed by atoms with van der Waals surface area (Å²) in [6.45, 7) is 8.31. The molecule has 0 saturated carbocycles. The molecular formula is C13H18BrN5. The molecule has 0 atom stereocenters. The Bertz CT molecular complexity index is 589. The summed E-state index contributed by atoms with van der Waals surface area (Å²) >= 11 is 3.45. The Morgan fingerprint density at radius 2 is 1.89 bits per heavy atom. The minimum Gasteiger partial charge on any atom is -0.383 e. The van der Waals surface area contributed by atoms with E-state index in [0.29, 0.717) is 17.7 Å². The van der Waals surface area contributed by atoms with Gasteiger partial charge in [0.2, 0.25) is 0 Å². The highest BCUT2D eigenvalue weighted by atomic mass is 79.9. The van der Waals surface area contributed by atoms with E-state index in [9.17, 15) is 0 Å². The quantitative estimate of drug-likeness (QED) is 0.939. The standard InChI is InChI=1S/C13H18BrN5/c1-7(2)11-10(14)12(15)18-13(17-11)9-5-16-19(6-9)8(3)4/h5-8H,1-4H3,(H2,15,17,18). The lowest BCUT2D eigenvalue weighted by Crippen LogP contribution is -2.04. The number of nitrogen functional groups attached to an aromatic ring is 1. The fourth-order valence-electron chi connectivity index (χ4n) is 1.73. The van der Waals surface area contributed by atoms with Crippen LogP contribution in [-0.4, -0.2) is 19.7 Å². The molecule has 0 aliphatic rings. The minimum atomic E-state index is 0.276. The monoisotopic (exact) mass is 323 g/mol. The van der Waals surface area contributed by atoms with E-state index in [4.69, 9.17) is 5.73 Å². The van der Waals surface area contributed by atoms with Crippen LogP contribution in [0.15, 0.2) is 16.9 Å². The molecule has 0 spiro atoms. The SMILES string of the molecule is CC(C)c1nc(-c2cnn(C(C)C)c2)nc(N)c1Br. The molecule has 0 fully saturated rings. The summed E-state index contributed by atoms with van der Waals surface area (Å²) in [5, 5.41) is 4.30. The van der Waals surface area contributed by atoms with Crippen LogP contribution in [0.1, 0.15) is 45.3 Å². The topological polar surface area (TPSA) is 69.6 Å². The van der Waals surface area contributed by atoms with Gasteiger partial charge in [0.1, 0.15) is 5.82 Å². The largest absolute Gasteiger partial charge is 0.383 e. The van der Waals surface area contributed by atoms with Crippen LogP contribution < -0.4 is 5.73 Å². The lowest BCUT2D eigenvalue weighted by atomic mass is 10.1. The van der Waals surface area contributed by atoms with Gasteiger partial charge in [0.15, 0.2) is 5.82 Å². The van der Waals surface area contributed by atoms with Crippen LogP contribution in [-0.2, 0) is 0 Å². The highest BCUT2D eigenvalue weighted by molar-refractivity contribution is 9.10. The zero-order chi connectivity index (χ0) is 14.2. The molecule has 0 aliphatic carbocycles. The van der Waals surface area contributed by atoms with Gasteiger partial charge >= 0.3 is 0 Å². The van der Waals surface area contributed by atoms with Crippen LogP contribution in [0.4, 0.5) is 5.82 Å². The first kappa shape index (κ1) is 14.0. The number of halogens is 1. The van der Waals surface area contributed by atoms with Gasteiger partial charge in [0.05, 0.1) is 21.9 Å². The van der Waals surface area contributed by atoms with Crippen molar-refractivity contribution in [3.8, 4) is 11.4 Å². The van der Waals surface area contributed by atoms with E-state index < -0.39 is 0 Å². The Hall–Kier alpha value is -1.43. The predicted molar refractivity (Wildman–Crippen MR) is 79.8 cm³/mol. The molecule has 0 aromatic carbocycles. The molecule has 2 heterocycles. The van der Waals surface area contributed by atoms with E-state index in [2.05, 4.69) is 58.7 Å². The van der Waals surface area contributed by atoms with Gasteiger partial charge in [-0.2, -0.15) is 5.10 Å². The molecule has 102 valence electrons. The molecule has 2 aromatic heterocycles. The average molecular weight is 324 g/mol. The lowest BCUT2D eigenvalue weighted by molar-refractivity contribution is 0.532. The van der Waals surface area contributed by atoms with E-state index >= 15 is 0 Å². The maximum atomic E-state index is 5.94. The van der Waals surface area contributed by atoms with Crippen molar-refractivity contribution in [3.63, 3.8) is 0 Å². The Kier molecular flexibility index (Phi) is 3.89. The number of aromatic nitrogens is 4. The molecule has 2 N–H and O–H groups in total. The van der Waals surface area contributed by atoms with Crippen LogP contribution in [0, 0.1) is 0 Å². The van der Waals surface area contributed by atoms with Crippen molar-refractivity contribution in [2.45, 2.75) is 39.7 Å². The van der Waals surface area contributed by atoms with Crippen molar-refractivity contribution in [1.29, 1.82) is 0 Å². The van der Waals surface area contributed by atoms with Gasteiger partial charge in [-0.25, -0.2) is 9.97 Å². The number of hydrogen-bond donors (Lipinski definition) is 1. The van der Waals surface area contributed by atoms with Crippen molar-refractivity contribution >= 4 is 21.7 Å². The summed E-state index contributed by atoms with van der Waals surface area (Å²) in [6.07, 6.45) is 3.71. The van der Waals surface area contributed by atoms with Crippen molar-refractivity contribution in [2.24, 2.45) is 0 Å². The van der Waals surface area contributed by atoms with E-state index in [1.165, 1.54) is 0 Å². The molecule has 5 nitrogen and oxygen atoms in total. The van der Waals surface area contributed by atoms with Crippen LogP contribution in [0.3, 0.4) is 0 Å². The highest BCUT2D eigenvalue weighted by Crippen LogP contribution is 2.29. The number of nitrogens with two attached hydrogens (primary N) is 1. The second-order valence-electron chi connectivity index (χ2n) is 5.09. The summed E-state index contributed by atoms with van der Waals surface area (Å²) in [6, 6.07) is 0.311. The second kappa shape index (κ2) is 5.28. The maximum Gasteiger partial charge on any atom is 0.165 e. The van der Waals surface area contributed by atoms with Gasteiger partial charge in [0, 0.05) is 12.2 Å². The van der Waals surface area contributed by atoms with Gasteiger partial charge in [-0.05, 0) is 35.7 Å². The van der Waals surface area contributed by atoms with E-state index in [0.717, 1.165) is 15.7 Å². The predicted octanol–water partition coefficient (Wildman–Crippen LogP) is 3.39. The Morgan fingerprint density at radius 3 is 2.42 bits per heavy atom. The molecule has 0 amide bonds. The van der Waals surface area contributed by atoms with Gasteiger partial charge in [-0.1, -0.05) is 13.8 Å². The molecule has 0 unspecified atom stereocenters. The van der Waals surface area contributed by atoms with Gasteiger partial charge in [0.25, 0.3) is 0 Å². The number of anilines is 1. The number of hydrogen-bond acceptors (Lipinski definition) is 4. The molecule has 0 radical (unpaired) electrons. The third kappa shape index (κ3) is 2.78. The Labute approximate surface area is 121 Å². The zero-order valence-corrected chi connectivity index (χ0v) is 13.1. The Morgan fingerprint density at radius 1 is 1.21 bits per heavy atom. The fourth-order valence-corrected chi connectivity index (χ4v) is 2.37. The van der Waals surface area contributed by atoms with Crippen LogP contribution in [0.2, 0.25) is 0 Å². The first-order valence-corrected chi connectivity index (χ1v) is 7.07. The highest BCUT2D eigenvalue weighted by Gasteiger charge is 2.15. The fraction of sp³-hybridized carbons (Fsp3) is 0.462. The van der Waals surface area contributed by atoms with E-state index in [1.807, 2.05) is 10.9 Å². The molecule has 0 aliphatic heterocycles. The molecule has 2 aromatic rings. The first-order chi connectivity index (χ1) is 8.90. The molecule has 0 saturated heterocycles. The van der Waals surface area contributed by atoms with Crippen LogP contribution >= 0.6 is 15.9 Å². The van der Waals surface area contributed by atoms with Crippen LogP contribution in [0.5, 0.6) is 0 Å². The summed E-state index contributed by atoms with van der Waals surface area (Å²) in [5.74, 6) is 1.36. The van der Waals surface area contributed by atoms with Gasteiger partial charge in [-0.3, -0.25) is 4.68 Å². The van der Waals surface area contributed by atoms with Crippen molar-refractivity contribution in [3.05, 3.63) is 22.6 Å². The van der Waals surface area contributed by atoms with E-state index in [1.54, 1.807) is 6.20 Å². The third-order valence-electron chi connectivity index (χ3n) is 2.84. The second-order valence-corrected chi connectivity index (χ2v) is 5.88. The molecule has 19 heavy (non-hydrogen) atoms. The number of nitrogens with zero attached hydrogens (tertiary/aromatic N) is 4. The maximum absolute atomic E-state index is 5.94. The first-order valence-electron chi connectivity index (χ1n) is 6.27. The van der Waals surface area contributed by atoms with Crippen molar-refractivity contribution in [1.82, 2.24) is 19.7 Å². The average Bonchev–Trinajstić information content (AvgIpc) is 2.81. The molecule has 0 bridgehead atoms. The van der Waals surface area contributed by atoms with Crippen molar-refractivity contribution < 1.29 is 0 Å². The normalized spacial score (nSPS) is 11.5. The molecule has 6 heteroatoms. The lowest BCUT2D eigenvalue weighted by Gasteiger charge is -2.10. The smallest absolute Gasteiger partial charge is 0.165 e. The third-order valence-corrected chi connectivity index (χ3v) is 3.65. The summed E-state index contributed by atoms with van der Waals surface area (Å²) in [5.41, 5.74) is 7.74. The minimum absolute atomic E-state index is 0.276. The summed E-state index contributed by atoms with van der Waals surface area (Å²) in [4.78, 5) is 8.91. The van der Waals surface area contributed by atoms with Crippen molar-refractivity contribution in [2.75, 3.05) is 5.73 Å².